The van der Waals surface area contributed by atoms with Gasteiger partial charge in [0.25, 0.3) is 11.5 Å². The number of nitrogens with zero attached hydrogens (tertiary/aromatic N) is 4. The van der Waals surface area contributed by atoms with Crippen molar-refractivity contribution in [3.63, 3.8) is 0 Å². The first-order chi connectivity index (χ1) is 17.4. The molecule has 4 aromatic rings. The molecule has 0 radical (unpaired) electrons. The van der Waals surface area contributed by atoms with E-state index in [0.29, 0.717) is 16.5 Å². The Labute approximate surface area is 209 Å². The fraction of sp³-hybridized carbons (Fsp3) is 0.0800. The molecule has 1 amide bonds. The third-order valence-corrected chi connectivity index (χ3v) is 5.16. The summed E-state index contributed by atoms with van der Waals surface area (Å²) in [7, 11) is 0. The second kappa shape index (κ2) is 11.1. The number of anilines is 2. The van der Waals surface area contributed by atoms with E-state index in [4.69, 9.17) is 21.6 Å². The monoisotopic (exact) mass is 504 g/mol. The molecule has 36 heavy (non-hydrogen) atoms. The van der Waals surface area contributed by atoms with Gasteiger partial charge in [0.2, 0.25) is 11.8 Å². The maximum absolute atomic E-state index is 13.2. The molecule has 2 aromatic heterocycles. The van der Waals surface area contributed by atoms with Crippen LogP contribution in [0.1, 0.15) is 15.9 Å². The summed E-state index contributed by atoms with van der Waals surface area (Å²) in [4.78, 5) is 33.7. The van der Waals surface area contributed by atoms with E-state index >= 15 is 0 Å². The quantitative estimate of drug-likeness (QED) is 0.344. The number of nitrogens with one attached hydrogen (secondary N) is 2. The molecule has 0 spiro atoms. The molecule has 0 bridgehead atoms. The SMILES string of the molecule is N#CCNC(=O)c1cnc(Nc2ccc(Oc3ccc(F)cn3)cc2)n(Cc2ccc(Cl)cc2)c1=O. The number of ether oxygens (including phenoxy) is 1. The molecule has 0 atom stereocenters. The van der Waals surface area contributed by atoms with Gasteiger partial charge < -0.3 is 15.4 Å². The van der Waals surface area contributed by atoms with Gasteiger partial charge in [-0.25, -0.2) is 14.4 Å². The van der Waals surface area contributed by atoms with E-state index in [2.05, 4.69) is 20.6 Å². The second-order valence-electron chi connectivity index (χ2n) is 7.42. The highest BCUT2D eigenvalue weighted by molar-refractivity contribution is 6.30. The molecular formula is C25H18ClFN6O3. The van der Waals surface area contributed by atoms with Crippen molar-refractivity contribution in [2.75, 3.05) is 11.9 Å². The van der Waals surface area contributed by atoms with Crippen molar-refractivity contribution in [1.29, 1.82) is 5.26 Å². The van der Waals surface area contributed by atoms with Crippen molar-refractivity contribution >= 4 is 29.1 Å². The van der Waals surface area contributed by atoms with Gasteiger partial charge in [-0.05, 0) is 48.0 Å². The number of carbonyl (C=O) groups excluding carboxylic acids is 1. The maximum Gasteiger partial charge on any atom is 0.268 e. The summed E-state index contributed by atoms with van der Waals surface area (Å²) in [5.74, 6) is -0.258. The number of hydrogen-bond acceptors (Lipinski definition) is 7. The van der Waals surface area contributed by atoms with Crippen LogP contribution in [0.5, 0.6) is 11.6 Å². The molecule has 9 nitrogen and oxygen atoms in total. The molecule has 2 N–H and O–H groups in total. The van der Waals surface area contributed by atoms with Crippen molar-refractivity contribution in [3.8, 4) is 17.7 Å². The summed E-state index contributed by atoms with van der Waals surface area (Å²) < 4.78 is 19.9. The largest absolute Gasteiger partial charge is 0.439 e. The zero-order chi connectivity index (χ0) is 25.5. The average Bonchev–Trinajstić information content (AvgIpc) is 2.88. The maximum atomic E-state index is 13.2. The van der Waals surface area contributed by atoms with Crippen LogP contribution in [0.4, 0.5) is 16.0 Å². The number of benzene rings is 2. The highest BCUT2D eigenvalue weighted by atomic mass is 35.5. The molecule has 0 saturated carbocycles. The van der Waals surface area contributed by atoms with Crippen molar-refractivity contribution in [3.05, 3.63) is 105 Å². The van der Waals surface area contributed by atoms with E-state index < -0.39 is 17.3 Å². The fourth-order valence-electron chi connectivity index (χ4n) is 3.16. The van der Waals surface area contributed by atoms with Gasteiger partial charge in [-0.3, -0.25) is 14.2 Å². The van der Waals surface area contributed by atoms with Crippen molar-refractivity contribution < 1.29 is 13.9 Å². The molecular weight excluding hydrogens is 487 g/mol. The molecule has 2 heterocycles. The van der Waals surface area contributed by atoms with Crippen LogP contribution in [-0.4, -0.2) is 27.0 Å². The van der Waals surface area contributed by atoms with Crippen molar-refractivity contribution in [2.45, 2.75) is 6.54 Å². The minimum Gasteiger partial charge on any atom is -0.439 e. The predicted molar refractivity (Wildman–Crippen MR) is 131 cm³/mol. The number of halogens is 2. The lowest BCUT2D eigenvalue weighted by atomic mass is 10.2. The van der Waals surface area contributed by atoms with Gasteiger partial charge in [-0.2, -0.15) is 5.26 Å². The Morgan fingerprint density at radius 2 is 1.81 bits per heavy atom. The summed E-state index contributed by atoms with van der Waals surface area (Å²) in [5, 5.41) is 14.7. The van der Waals surface area contributed by atoms with Crippen LogP contribution >= 0.6 is 11.6 Å². The van der Waals surface area contributed by atoms with Gasteiger partial charge in [0.1, 0.15) is 23.7 Å². The van der Waals surface area contributed by atoms with Crippen LogP contribution in [0.25, 0.3) is 0 Å². The number of nitriles is 1. The van der Waals surface area contributed by atoms with E-state index in [1.807, 2.05) is 0 Å². The third-order valence-electron chi connectivity index (χ3n) is 4.91. The van der Waals surface area contributed by atoms with Gasteiger partial charge in [-0.1, -0.05) is 23.7 Å². The van der Waals surface area contributed by atoms with Crippen LogP contribution in [0.15, 0.2) is 77.9 Å². The molecule has 180 valence electrons. The Hall–Kier alpha value is -4.75. The lowest BCUT2D eigenvalue weighted by molar-refractivity contribution is 0.0956. The van der Waals surface area contributed by atoms with Gasteiger partial charge >= 0.3 is 0 Å². The molecule has 11 heteroatoms. The molecule has 0 unspecified atom stereocenters. The number of pyridine rings is 1. The number of rotatable bonds is 8. The van der Waals surface area contributed by atoms with E-state index in [1.54, 1.807) is 54.6 Å². The minimum absolute atomic E-state index is 0.113. The summed E-state index contributed by atoms with van der Waals surface area (Å²) in [6, 6.07) is 18.1. The first-order valence-electron chi connectivity index (χ1n) is 10.6. The van der Waals surface area contributed by atoms with Gasteiger partial charge in [0.05, 0.1) is 18.8 Å². The first kappa shape index (κ1) is 24.4. The van der Waals surface area contributed by atoms with Gasteiger partial charge in [-0.15, -0.1) is 0 Å². The third kappa shape index (κ3) is 6.02. The molecule has 0 fully saturated rings. The fourth-order valence-corrected chi connectivity index (χ4v) is 3.29. The molecule has 4 rings (SSSR count). The Balaban J connectivity index is 1.60. The lowest BCUT2D eigenvalue weighted by Crippen LogP contribution is -2.34. The van der Waals surface area contributed by atoms with Crippen LogP contribution in [-0.2, 0) is 6.54 Å². The summed E-state index contributed by atoms with van der Waals surface area (Å²) in [6.07, 6.45) is 2.22. The van der Waals surface area contributed by atoms with Crippen LogP contribution < -0.4 is 20.9 Å². The van der Waals surface area contributed by atoms with Crippen molar-refractivity contribution in [2.24, 2.45) is 0 Å². The topological polar surface area (TPSA) is 122 Å². The molecule has 0 aliphatic heterocycles. The number of aromatic nitrogens is 3. The first-order valence-corrected chi connectivity index (χ1v) is 11.0. The number of hydrogen-bond donors (Lipinski definition) is 2. The summed E-state index contributed by atoms with van der Waals surface area (Å²) in [5.41, 5.74) is 0.574. The normalized spacial score (nSPS) is 10.4. The standard InChI is InChI=1S/C25H18ClFN6O3/c26-17-3-1-16(2-4-17)15-33-24(35)21(23(34)29-12-11-28)14-31-25(33)32-19-6-8-20(9-7-19)36-22-10-5-18(27)13-30-22/h1-10,13-14H,12,15H2,(H,29,34)(H,31,32). The summed E-state index contributed by atoms with van der Waals surface area (Å²) >= 11 is 5.97. The smallest absolute Gasteiger partial charge is 0.268 e. The Morgan fingerprint density at radius 3 is 2.47 bits per heavy atom. The Bertz CT molecular complexity index is 1470. The molecule has 0 saturated heterocycles. The van der Waals surface area contributed by atoms with Crippen molar-refractivity contribution in [1.82, 2.24) is 19.9 Å². The average molecular weight is 505 g/mol. The van der Waals surface area contributed by atoms with Gasteiger partial charge in [0, 0.05) is 23.0 Å². The second-order valence-corrected chi connectivity index (χ2v) is 7.86. The predicted octanol–water partition coefficient (Wildman–Crippen LogP) is 4.27. The minimum atomic E-state index is -0.693. The molecule has 0 aliphatic rings. The summed E-state index contributed by atoms with van der Waals surface area (Å²) in [6.45, 7) is -0.126. The highest BCUT2D eigenvalue weighted by Crippen LogP contribution is 2.23. The zero-order valence-corrected chi connectivity index (χ0v) is 19.4. The van der Waals surface area contributed by atoms with Crippen LogP contribution in [0, 0.1) is 17.1 Å². The molecule has 2 aromatic carbocycles. The van der Waals surface area contributed by atoms with E-state index in [1.165, 1.54) is 16.7 Å². The Morgan fingerprint density at radius 1 is 1.06 bits per heavy atom. The zero-order valence-electron chi connectivity index (χ0n) is 18.6. The molecule has 0 aliphatic carbocycles. The van der Waals surface area contributed by atoms with E-state index in [0.717, 1.165) is 18.0 Å². The number of amides is 1. The number of carbonyl (C=O) groups is 1. The van der Waals surface area contributed by atoms with Crippen LogP contribution in [0.3, 0.4) is 0 Å². The van der Waals surface area contributed by atoms with E-state index in [9.17, 15) is 14.0 Å². The highest BCUT2D eigenvalue weighted by Gasteiger charge is 2.17. The lowest BCUT2D eigenvalue weighted by Gasteiger charge is -2.15. The van der Waals surface area contributed by atoms with Gasteiger partial charge in [0.15, 0.2) is 0 Å². The van der Waals surface area contributed by atoms with Crippen LogP contribution in [0.2, 0.25) is 5.02 Å². The Kier molecular flexibility index (Phi) is 7.53. The van der Waals surface area contributed by atoms with E-state index in [-0.39, 0.29) is 30.5 Å².